The summed E-state index contributed by atoms with van der Waals surface area (Å²) in [5, 5.41) is 3.56. The molecule has 0 aromatic carbocycles. The Hall–Kier alpha value is -0.120. The molecule has 0 spiro atoms. The van der Waals surface area contributed by atoms with Crippen LogP contribution in [0, 0.1) is 5.41 Å². The number of fused-ring (bicyclic) bond motifs is 1. The van der Waals surface area contributed by atoms with Crippen LogP contribution in [0.1, 0.15) is 39.0 Å². The first kappa shape index (κ1) is 11.9. The second-order valence-electron chi connectivity index (χ2n) is 6.16. The van der Waals surface area contributed by atoms with Crippen molar-refractivity contribution in [3.63, 3.8) is 0 Å². The molecule has 0 aromatic rings. The van der Waals surface area contributed by atoms with Crippen LogP contribution in [0.15, 0.2) is 0 Å². The van der Waals surface area contributed by atoms with Crippen LogP contribution < -0.4 is 5.32 Å². The topological polar surface area (TPSA) is 24.5 Å². The number of rotatable bonds is 3. The van der Waals surface area contributed by atoms with Crippen molar-refractivity contribution in [2.75, 3.05) is 32.8 Å². The second kappa shape index (κ2) is 4.87. The van der Waals surface area contributed by atoms with Gasteiger partial charge >= 0.3 is 0 Å². The second-order valence-corrected chi connectivity index (χ2v) is 6.16. The molecular weight excluding hydrogens is 212 g/mol. The Morgan fingerprint density at radius 1 is 1.41 bits per heavy atom. The van der Waals surface area contributed by atoms with Crippen molar-refractivity contribution in [1.82, 2.24) is 10.2 Å². The van der Waals surface area contributed by atoms with Crippen molar-refractivity contribution in [1.29, 1.82) is 0 Å². The Labute approximate surface area is 105 Å². The number of morpholine rings is 1. The standard InChI is InChI=1S/C14H26N2O/c1-2-14(6-7-15-10-14)11-16-8-9-17-13-5-3-4-12(13)16/h12-13,15H,2-11H2,1H3. The highest BCUT2D eigenvalue weighted by Gasteiger charge is 2.41. The summed E-state index contributed by atoms with van der Waals surface area (Å²) in [7, 11) is 0. The molecule has 2 heterocycles. The first-order valence-corrected chi connectivity index (χ1v) is 7.39. The Morgan fingerprint density at radius 2 is 2.35 bits per heavy atom. The molecule has 2 aliphatic heterocycles. The molecule has 17 heavy (non-hydrogen) atoms. The van der Waals surface area contributed by atoms with Gasteiger partial charge in [-0.15, -0.1) is 0 Å². The Balaban J connectivity index is 1.66. The number of hydrogen-bond donors (Lipinski definition) is 1. The Kier molecular flexibility index (Phi) is 3.42. The molecule has 3 atom stereocenters. The van der Waals surface area contributed by atoms with Crippen LogP contribution >= 0.6 is 0 Å². The maximum atomic E-state index is 5.91. The van der Waals surface area contributed by atoms with Gasteiger partial charge in [-0.2, -0.15) is 0 Å². The van der Waals surface area contributed by atoms with Gasteiger partial charge in [0.2, 0.25) is 0 Å². The fraction of sp³-hybridized carbons (Fsp3) is 1.00. The van der Waals surface area contributed by atoms with E-state index in [0.717, 1.165) is 19.2 Å². The highest BCUT2D eigenvalue weighted by molar-refractivity contribution is 4.95. The predicted molar refractivity (Wildman–Crippen MR) is 69.2 cm³/mol. The van der Waals surface area contributed by atoms with Crippen molar-refractivity contribution in [2.45, 2.75) is 51.2 Å². The van der Waals surface area contributed by atoms with Crippen LogP contribution in [0.3, 0.4) is 0 Å². The molecule has 3 rings (SSSR count). The SMILES string of the molecule is CCC1(CN2CCOC3CCCC32)CCNC1. The first-order valence-electron chi connectivity index (χ1n) is 7.39. The Bertz CT molecular complexity index is 263. The van der Waals surface area contributed by atoms with Crippen LogP contribution in [-0.4, -0.2) is 49.8 Å². The van der Waals surface area contributed by atoms with Gasteiger partial charge in [-0.1, -0.05) is 6.92 Å². The minimum Gasteiger partial charge on any atom is -0.375 e. The molecule has 0 aromatic heterocycles. The van der Waals surface area contributed by atoms with Crippen LogP contribution in [0.2, 0.25) is 0 Å². The smallest absolute Gasteiger partial charge is 0.0730 e. The molecule has 3 nitrogen and oxygen atoms in total. The molecule has 98 valence electrons. The molecule has 0 bridgehead atoms. The number of nitrogens with one attached hydrogen (secondary N) is 1. The van der Waals surface area contributed by atoms with Gasteiger partial charge in [0.15, 0.2) is 0 Å². The van der Waals surface area contributed by atoms with Crippen molar-refractivity contribution >= 4 is 0 Å². The molecule has 3 heteroatoms. The van der Waals surface area contributed by atoms with Crippen LogP contribution in [0.5, 0.6) is 0 Å². The van der Waals surface area contributed by atoms with E-state index in [-0.39, 0.29) is 0 Å². The molecule has 0 amide bonds. The van der Waals surface area contributed by atoms with E-state index >= 15 is 0 Å². The van der Waals surface area contributed by atoms with E-state index in [1.165, 1.54) is 51.7 Å². The van der Waals surface area contributed by atoms with Gasteiger partial charge in [-0.3, -0.25) is 4.90 Å². The van der Waals surface area contributed by atoms with E-state index in [4.69, 9.17) is 4.74 Å². The number of nitrogens with zero attached hydrogens (tertiary/aromatic N) is 1. The molecule has 2 saturated heterocycles. The van der Waals surface area contributed by atoms with E-state index in [1.54, 1.807) is 0 Å². The van der Waals surface area contributed by atoms with Crippen LogP contribution in [-0.2, 0) is 4.74 Å². The van der Waals surface area contributed by atoms with Crippen LogP contribution in [0.4, 0.5) is 0 Å². The van der Waals surface area contributed by atoms with Gasteiger partial charge in [-0.25, -0.2) is 0 Å². The zero-order valence-corrected chi connectivity index (χ0v) is 11.1. The first-order chi connectivity index (χ1) is 8.33. The molecular formula is C14H26N2O. The number of hydrogen-bond acceptors (Lipinski definition) is 3. The largest absolute Gasteiger partial charge is 0.375 e. The van der Waals surface area contributed by atoms with Crippen molar-refractivity contribution in [2.24, 2.45) is 5.41 Å². The summed E-state index contributed by atoms with van der Waals surface area (Å²) in [5.74, 6) is 0. The normalized spacial score (nSPS) is 42.9. The Morgan fingerprint density at radius 3 is 3.12 bits per heavy atom. The minimum atomic E-state index is 0.546. The fourth-order valence-corrected chi connectivity index (χ4v) is 3.98. The quantitative estimate of drug-likeness (QED) is 0.809. The van der Waals surface area contributed by atoms with E-state index < -0.39 is 0 Å². The third-order valence-corrected chi connectivity index (χ3v) is 5.22. The molecule has 3 aliphatic rings. The average Bonchev–Trinajstić information content (AvgIpc) is 2.98. The lowest BCUT2D eigenvalue weighted by Crippen LogP contribution is -2.52. The van der Waals surface area contributed by atoms with Crippen LogP contribution in [0.25, 0.3) is 0 Å². The van der Waals surface area contributed by atoms with Crippen molar-refractivity contribution in [3.8, 4) is 0 Å². The van der Waals surface area contributed by atoms with Crippen molar-refractivity contribution < 1.29 is 4.74 Å². The summed E-state index contributed by atoms with van der Waals surface area (Å²) in [5.41, 5.74) is 0.546. The average molecular weight is 238 g/mol. The fourth-order valence-electron chi connectivity index (χ4n) is 3.98. The third kappa shape index (κ3) is 2.25. The van der Waals surface area contributed by atoms with Crippen molar-refractivity contribution in [3.05, 3.63) is 0 Å². The maximum Gasteiger partial charge on any atom is 0.0730 e. The zero-order chi connectivity index (χ0) is 11.7. The molecule has 1 N–H and O–H groups in total. The van der Waals surface area contributed by atoms with E-state index in [0.29, 0.717) is 11.5 Å². The lowest BCUT2D eigenvalue weighted by molar-refractivity contribution is -0.0675. The summed E-state index contributed by atoms with van der Waals surface area (Å²) in [4.78, 5) is 2.75. The molecule has 3 fully saturated rings. The lowest BCUT2D eigenvalue weighted by Gasteiger charge is -2.42. The van der Waals surface area contributed by atoms with Gasteiger partial charge in [0.1, 0.15) is 0 Å². The highest BCUT2D eigenvalue weighted by Crippen LogP contribution is 2.35. The zero-order valence-electron chi connectivity index (χ0n) is 11.1. The number of ether oxygens (including phenoxy) is 1. The summed E-state index contributed by atoms with van der Waals surface area (Å²) in [6, 6.07) is 0.729. The molecule has 1 saturated carbocycles. The maximum absolute atomic E-state index is 5.91. The summed E-state index contributed by atoms with van der Waals surface area (Å²) < 4.78 is 5.91. The summed E-state index contributed by atoms with van der Waals surface area (Å²) in [6.07, 6.45) is 7.24. The third-order valence-electron chi connectivity index (χ3n) is 5.22. The van der Waals surface area contributed by atoms with Gasteiger partial charge in [0.25, 0.3) is 0 Å². The molecule has 1 aliphatic carbocycles. The van der Waals surface area contributed by atoms with E-state index in [9.17, 15) is 0 Å². The van der Waals surface area contributed by atoms with Gasteiger partial charge in [0, 0.05) is 25.7 Å². The highest BCUT2D eigenvalue weighted by atomic mass is 16.5. The molecule has 3 unspecified atom stereocenters. The lowest BCUT2D eigenvalue weighted by atomic mass is 9.83. The summed E-state index contributed by atoms with van der Waals surface area (Å²) >= 11 is 0. The molecule has 0 radical (unpaired) electrons. The van der Waals surface area contributed by atoms with E-state index in [2.05, 4.69) is 17.1 Å². The van der Waals surface area contributed by atoms with Gasteiger partial charge in [0.05, 0.1) is 12.7 Å². The predicted octanol–water partition coefficient (Wildman–Crippen LogP) is 1.63. The minimum absolute atomic E-state index is 0.546. The summed E-state index contributed by atoms with van der Waals surface area (Å²) in [6.45, 7) is 8.20. The van der Waals surface area contributed by atoms with Gasteiger partial charge in [-0.05, 0) is 44.1 Å². The van der Waals surface area contributed by atoms with Gasteiger partial charge < -0.3 is 10.1 Å². The van der Waals surface area contributed by atoms with E-state index in [1.807, 2.05) is 0 Å². The monoisotopic (exact) mass is 238 g/mol.